The molecule has 0 bridgehead atoms. The van der Waals surface area contributed by atoms with Crippen molar-refractivity contribution in [2.75, 3.05) is 11.4 Å². The number of aryl methyl sites for hydroxylation is 1. The number of aromatic nitrogens is 1. The van der Waals surface area contributed by atoms with Crippen LogP contribution in [0.4, 0.5) is 5.82 Å². The van der Waals surface area contributed by atoms with E-state index in [4.69, 9.17) is 5.11 Å². The largest absolute Gasteiger partial charge is 0.480 e. The molecule has 0 saturated carbocycles. The van der Waals surface area contributed by atoms with Gasteiger partial charge in [-0.15, -0.1) is 0 Å². The predicted molar refractivity (Wildman–Crippen MR) is 59.1 cm³/mol. The Balaban J connectivity index is 2.93. The van der Waals surface area contributed by atoms with Gasteiger partial charge in [-0.25, -0.2) is 4.98 Å². The lowest BCUT2D eigenvalue weighted by Crippen LogP contribution is -2.36. The summed E-state index contributed by atoms with van der Waals surface area (Å²) in [6.07, 6.45) is 0. The minimum Gasteiger partial charge on any atom is -0.480 e. The normalized spacial score (nSPS) is 10.4. The number of nitrogens with zero attached hydrogens (tertiary/aromatic N) is 2. The first-order chi connectivity index (χ1) is 7.00. The highest BCUT2D eigenvalue weighted by Gasteiger charge is 2.14. The predicted octanol–water partition coefficient (Wildman–Crippen LogP) is 1.69. The van der Waals surface area contributed by atoms with Crippen molar-refractivity contribution in [2.45, 2.75) is 26.8 Å². The molecule has 1 rings (SSSR count). The summed E-state index contributed by atoms with van der Waals surface area (Å²) >= 11 is 0. The Morgan fingerprint density at radius 2 is 2.20 bits per heavy atom. The summed E-state index contributed by atoms with van der Waals surface area (Å²) in [7, 11) is 0. The van der Waals surface area contributed by atoms with E-state index in [1.165, 1.54) is 0 Å². The first kappa shape index (κ1) is 11.5. The maximum absolute atomic E-state index is 10.7. The molecule has 0 aromatic carbocycles. The fourth-order valence-electron chi connectivity index (χ4n) is 1.36. The van der Waals surface area contributed by atoms with Crippen molar-refractivity contribution < 1.29 is 9.90 Å². The van der Waals surface area contributed by atoms with E-state index in [0.29, 0.717) is 5.82 Å². The van der Waals surface area contributed by atoms with Gasteiger partial charge in [-0.05, 0) is 32.9 Å². The van der Waals surface area contributed by atoms with Gasteiger partial charge in [-0.3, -0.25) is 4.79 Å². The second-order valence-corrected chi connectivity index (χ2v) is 3.75. The van der Waals surface area contributed by atoms with Crippen molar-refractivity contribution >= 4 is 11.8 Å². The first-order valence-electron chi connectivity index (χ1n) is 4.93. The van der Waals surface area contributed by atoms with Crippen molar-refractivity contribution in [2.24, 2.45) is 0 Å². The zero-order valence-corrected chi connectivity index (χ0v) is 9.27. The van der Waals surface area contributed by atoms with Crippen LogP contribution in [-0.4, -0.2) is 28.6 Å². The van der Waals surface area contributed by atoms with E-state index in [1.807, 2.05) is 39.0 Å². The van der Waals surface area contributed by atoms with Gasteiger partial charge in [0.2, 0.25) is 0 Å². The molecule has 0 aliphatic rings. The molecule has 4 nitrogen and oxygen atoms in total. The summed E-state index contributed by atoms with van der Waals surface area (Å²) in [5.41, 5.74) is 0.892. The first-order valence-corrected chi connectivity index (χ1v) is 4.93. The molecule has 15 heavy (non-hydrogen) atoms. The quantitative estimate of drug-likeness (QED) is 0.818. The fourth-order valence-corrected chi connectivity index (χ4v) is 1.36. The number of anilines is 1. The fraction of sp³-hybridized carbons (Fsp3) is 0.455. The highest BCUT2D eigenvalue weighted by molar-refractivity contribution is 5.73. The SMILES string of the molecule is Cc1cccc(N(CC(=O)O)C(C)C)n1. The third kappa shape index (κ3) is 3.23. The second-order valence-electron chi connectivity index (χ2n) is 3.75. The van der Waals surface area contributed by atoms with Crippen LogP contribution in [0.5, 0.6) is 0 Å². The molecule has 0 spiro atoms. The van der Waals surface area contributed by atoms with E-state index >= 15 is 0 Å². The molecule has 82 valence electrons. The van der Waals surface area contributed by atoms with Crippen LogP contribution in [-0.2, 0) is 4.79 Å². The molecule has 0 amide bonds. The van der Waals surface area contributed by atoms with Crippen molar-refractivity contribution in [1.29, 1.82) is 0 Å². The molecule has 1 aromatic heterocycles. The van der Waals surface area contributed by atoms with Crippen LogP contribution in [0.3, 0.4) is 0 Å². The van der Waals surface area contributed by atoms with Crippen LogP contribution in [0.2, 0.25) is 0 Å². The Morgan fingerprint density at radius 1 is 1.53 bits per heavy atom. The number of pyridine rings is 1. The molecule has 0 radical (unpaired) electrons. The topological polar surface area (TPSA) is 53.4 Å². The van der Waals surface area contributed by atoms with E-state index in [1.54, 1.807) is 4.90 Å². The van der Waals surface area contributed by atoms with Gasteiger partial charge >= 0.3 is 5.97 Å². The number of carboxylic acids is 1. The number of rotatable bonds is 4. The zero-order valence-electron chi connectivity index (χ0n) is 9.27. The molecule has 0 fully saturated rings. The number of aliphatic carboxylic acids is 1. The highest BCUT2D eigenvalue weighted by atomic mass is 16.4. The molecule has 0 saturated heterocycles. The lowest BCUT2D eigenvalue weighted by Gasteiger charge is -2.26. The van der Waals surface area contributed by atoms with Gasteiger partial charge in [-0.2, -0.15) is 0 Å². The summed E-state index contributed by atoms with van der Waals surface area (Å²) in [6, 6.07) is 5.73. The number of hydrogen-bond acceptors (Lipinski definition) is 3. The molecular formula is C11H16N2O2. The summed E-state index contributed by atoms with van der Waals surface area (Å²) in [4.78, 5) is 16.8. The Kier molecular flexibility index (Phi) is 3.66. The van der Waals surface area contributed by atoms with E-state index < -0.39 is 5.97 Å². The average molecular weight is 208 g/mol. The summed E-state index contributed by atoms with van der Waals surface area (Å²) in [5.74, 6) is -0.126. The average Bonchev–Trinajstić information content (AvgIpc) is 2.13. The maximum atomic E-state index is 10.7. The highest BCUT2D eigenvalue weighted by Crippen LogP contribution is 2.13. The standard InChI is InChI=1S/C11H16N2O2/c1-8(2)13(7-11(14)15)10-6-4-5-9(3)12-10/h4-6,8H,7H2,1-3H3,(H,14,15). The summed E-state index contributed by atoms with van der Waals surface area (Å²) in [6.45, 7) is 5.77. The smallest absolute Gasteiger partial charge is 0.323 e. The Bertz CT molecular complexity index is 350. The van der Waals surface area contributed by atoms with Gasteiger partial charge in [-0.1, -0.05) is 6.07 Å². The van der Waals surface area contributed by atoms with Gasteiger partial charge in [0, 0.05) is 11.7 Å². The minimum atomic E-state index is -0.841. The van der Waals surface area contributed by atoms with Gasteiger partial charge in [0.15, 0.2) is 0 Å². The maximum Gasteiger partial charge on any atom is 0.323 e. The van der Waals surface area contributed by atoms with Gasteiger partial charge < -0.3 is 10.0 Å². The second kappa shape index (κ2) is 4.77. The molecule has 0 aliphatic heterocycles. The lowest BCUT2D eigenvalue weighted by atomic mass is 10.3. The van der Waals surface area contributed by atoms with E-state index in [-0.39, 0.29) is 12.6 Å². The molecule has 0 atom stereocenters. The van der Waals surface area contributed by atoms with Crippen LogP contribution in [0.25, 0.3) is 0 Å². The van der Waals surface area contributed by atoms with Gasteiger partial charge in [0.25, 0.3) is 0 Å². The van der Waals surface area contributed by atoms with Crippen LogP contribution < -0.4 is 4.90 Å². The van der Waals surface area contributed by atoms with Gasteiger partial charge in [0.05, 0.1) is 0 Å². The van der Waals surface area contributed by atoms with Crippen LogP contribution in [0.1, 0.15) is 19.5 Å². The summed E-state index contributed by atoms with van der Waals surface area (Å²) in [5, 5.41) is 8.79. The van der Waals surface area contributed by atoms with Crippen LogP contribution >= 0.6 is 0 Å². The zero-order chi connectivity index (χ0) is 11.4. The minimum absolute atomic E-state index is 0.0197. The lowest BCUT2D eigenvalue weighted by molar-refractivity contribution is -0.135. The van der Waals surface area contributed by atoms with Crippen LogP contribution in [0, 0.1) is 6.92 Å². The molecule has 1 aromatic rings. The van der Waals surface area contributed by atoms with E-state index in [2.05, 4.69) is 4.98 Å². The summed E-state index contributed by atoms with van der Waals surface area (Å²) < 4.78 is 0. The van der Waals surface area contributed by atoms with Crippen LogP contribution in [0.15, 0.2) is 18.2 Å². The van der Waals surface area contributed by atoms with Crippen molar-refractivity contribution in [3.05, 3.63) is 23.9 Å². The van der Waals surface area contributed by atoms with Crippen molar-refractivity contribution in [1.82, 2.24) is 4.98 Å². The molecule has 1 heterocycles. The number of carbonyl (C=O) groups is 1. The number of carboxylic acid groups (broad SMARTS) is 1. The molecular weight excluding hydrogens is 192 g/mol. The molecule has 4 heteroatoms. The molecule has 1 N–H and O–H groups in total. The Labute approximate surface area is 89.6 Å². The van der Waals surface area contributed by atoms with Crippen molar-refractivity contribution in [3.8, 4) is 0 Å². The monoisotopic (exact) mass is 208 g/mol. The Hall–Kier alpha value is -1.58. The van der Waals surface area contributed by atoms with Crippen molar-refractivity contribution in [3.63, 3.8) is 0 Å². The van der Waals surface area contributed by atoms with Gasteiger partial charge in [0.1, 0.15) is 12.4 Å². The molecule has 0 unspecified atom stereocenters. The van der Waals surface area contributed by atoms with E-state index in [9.17, 15) is 4.79 Å². The third-order valence-corrected chi connectivity index (χ3v) is 2.10. The third-order valence-electron chi connectivity index (χ3n) is 2.10. The molecule has 0 aliphatic carbocycles. The van der Waals surface area contributed by atoms with E-state index in [0.717, 1.165) is 5.69 Å². The number of hydrogen-bond donors (Lipinski definition) is 1. The Morgan fingerprint density at radius 3 is 2.67 bits per heavy atom.